The van der Waals surface area contributed by atoms with Gasteiger partial charge in [0.2, 0.25) is 36.0 Å². The van der Waals surface area contributed by atoms with Gasteiger partial charge >= 0.3 is 24.1 Å². The molecule has 4 aliphatic heterocycles. The van der Waals surface area contributed by atoms with Crippen molar-refractivity contribution in [3.8, 4) is 0 Å². The van der Waals surface area contributed by atoms with Crippen LogP contribution < -0.4 is 31.9 Å². The van der Waals surface area contributed by atoms with E-state index in [4.69, 9.17) is 0 Å². The van der Waals surface area contributed by atoms with E-state index in [9.17, 15) is 58.2 Å². The fourth-order valence-corrected chi connectivity index (χ4v) is 2.67. The number of nitrogens with one attached hydrogen (secondary N) is 6. The third-order valence-corrected chi connectivity index (χ3v) is 4.41. The third-order valence-electron chi connectivity index (χ3n) is 4.41. The van der Waals surface area contributed by atoms with E-state index in [0.717, 1.165) is 0 Å². The molecule has 8 N–H and O–H groups in total. The van der Waals surface area contributed by atoms with Crippen LogP contribution >= 0.6 is 0 Å². The molecule has 2 atom stereocenters. The third kappa shape index (κ3) is 7.59. The minimum absolute atomic E-state index is 0. The Morgan fingerprint density at radius 1 is 0.439 bits per heavy atom. The molecule has 2 unspecified atom stereocenters. The second kappa shape index (κ2) is 12.8. The second-order valence-corrected chi connectivity index (χ2v) is 7.22. The van der Waals surface area contributed by atoms with Crippen molar-refractivity contribution in [2.24, 2.45) is 30.4 Å². The van der Waals surface area contributed by atoms with Crippen LogP contribution in [0.25, 0.3) is 0 Å². The van der Waals surface area contributed by atoms with Crippen molar-refractivity contribution in [2.75, 3.05) is 0 Å². The molecule has 218 valence electrons. The Bertz CT molecular complexity index is 1260. The Hall–Kier alpha value is -5.87. The van der Waals surface area contributed by atoms with Gasteiger partial charge in [-0.3, -0.25) is 60.7 Å². The van der Waals surface area contributed by atoms with Gasteiger partial charge in [-0.2, -0.15) is 30.4 Å². The van der Waals surface area contributed by atoms with Crippen molar-refractivity contribution in [1.82, 2.24) is 31.9 Å². The fourth-order valence-electron chi connectivity index (χ4n) is 2.67. The standard InChI is InChI=1S/2C8H6N6O6.Ni/c2*15-3-1(4(16)10-7(19)9-3)13-14-2-5(17)11-8(20)12-6(2)18;/h2*1-2H,(H2,9,10,15,16,19)(H2,11,12,17,18,20);. The van der Waals surface area contributed by atoms with Crippen LogP contribution in [0.2, 0.25) is 0 Å². The van der Waals surface area contributed by atoms with E-state index in [1.807, 2.05) is 0 Å². The van der Waals surface area contributed by atoms with E-state index in [2.05, 4.69) is 30.4 Å². The molecule has 4 rings (SSSR count). The zero-order valence-corrected chi connectivity index (χ0v) is 20.3. The van der Waals surface area contributed by atoms with Crippen LogP contribution in [0.15, 0.2) is 30.4 Å². The Labute approximate surface area is 232 Å². The van der Waals surface area contributed by atoms with E-state index >= 15 is 0 Å². The molecule has 4 heterocycles. The first-order valence-corrected chi connectivity index (χ1v) is 10.1. The van der Waals surface area contributed by atoms with Gasteiger partial charge in [0.05, 0.1) is 0 Å². The predicted molar refractivity (Wildman–Crippen MR) is 115 cm³/mol. The Balaban J connectivity index is 0.000000280. The number of aliphatic hydroxyl groups is 2. The number of rotatable bonds is 4. The smallest absolute Gasteiger partial charge is 0.350 e. The summed E-state index contributed by atoms with van der Waals surface area (Å²) in [4.78, 5) is 117. The van der Waals surface area contributed by atoms with Crippen LogP contribution in [-0.2, 0) is 45.3 Å². The number of nitrogens with zero attached hydrogens (tertiary/aromatic N) is 6. The second-order valence-electron chi connectivity index (χ2n) is 7.22. The largest absolute Gasteiger partial charge is 0.494 e. The summed E-state index contributed by atoms with van der Waals surface area (Å²) in [5, 5.41) is 42.2. The summed E-state index contributed by atoms with van der Waals surface area (Å²) in [6.45, 7) is 0. The number of aliphatic imine (C=N–C) groups is 2. The quantitative estimate of drug-likeness (QED) is 0.0834. The number of carbonyl (C=O) groups is 10. The summed E-state index contributed by atoms with van der Waals surface area (Å²) in [5.41, 5.74) is 0. The molecule has 0 aromatic carbocycles. The predicted octanol–water partition coefficient (Wildman–Crippen LogP) is -4.51. The van der Waals surface area contributed by atoms with Gasteiger partial charge in [0.25, 0.3) is 35.4 Å². The summed E-state index contributed by atoms with van der Waals surface area (Å²) < 4.78 is 0. The number of hydrogen-bond donors (Lipinski definition) is 8. The van der Waals surface area contributed by atoms with Crippen molar-refractivity contribution < 1.29 is 74.6 Å². The van der Waals surface area contributed by atoms with Crippen LogP contribution in [-0.4, -0.2) is 106 Å². The molecule has 0 aromatic rings. The number of amides is 14. The van der Waals surface area contributed by atoms with Crippen molar-refractivity contribution in [2.45, 2.75) is 24.2 Å². The van der Waals surface area contributed by atoms with E-state index in [1.165, 1.54) is 0 Å². The minimum atomic E-state index is -1.69. The van der Waals surface area contributed by atoms with Gasteiger partial charge in [-0.25, -0.2) is 19.2 Å². The van der Waals surface area contributed by atoms with Crippen LogP contribution in [0.5, 0.6) is 0 Å². The molecule has 0 saturated carbocycles. The topological polar surface area (TPSA) is 357 Å². The van der Waals surface area contributed by atoms with Gasteiger partial charge < -0.3 is 10.2 Å². The maximum Gasteiger partial charge on any atom is 0.350 e. The molecule has 14 amide bonds. The molecule has 2 fully saturated rings. The first kappa shape index (κ1) is 31.4. The number of urea groups is 4. The molecule has 0 aliphatic carbocycles. The van der Waals surface area contributed by atoms with Crippen molar-refractivity contribution >= 4 is 71.4 Å². The first-order valence-electron chi connectivity index (χ1n) is 10.1. The molecule has 0 radical (unpaired) electrons. The molecule has 41 heavy (non-hydrogen) atoms. The van der Waals surface area contributed by atoms with E-state index in [1.54, 1.807) is 31.9 Å². The minimum Gasteiger partial charge on any atom is -0.494 e. The molecule has 4 aliphatic rings. The molecular formula is C16H12N12NiO12. The van der Waals surface area contributed by atoms with Crippen LogP contribution in [0.3, 0.4) is 0 Å². The van der Waals surface area contributed by atoms with Gasteiger partial charge in [-0.05, 0) is 0 Å². The Morgan fingerprint density at radius 3 is 0.951 bits per heavy atom. The number of hydrogen-bond acceptors (Lipinski definition) is 14. The maximum absolute atomic E-state index is 11.3. The number of imide groups is 6. The maximum atomic E-state index is 11.3. The van der Waals surface area contributed by atoms with Crippen molar-refractivity contribution in [3.63, 3.8) is 0 Å². The summed E-state index contributed by atoms with van der Waals surface area (Å²) in [7, 11) is 0. The molecule has 2 saturated heterocycles. The number of azo groups is 2. The summed E-state index contributed by atoms with van der Waals surface area (Å²) in [6, 6.07) is -10.8. The van der Waals surface area contributed by atoms with Crippen molar-refractivity contribution in [3.05, 3.63) is 0 Å². The molecular weight excluding hydrogens is 611 g/mol. The van der Waals surface area contributed by atoms with Crippen LogP contribution in [0.4, 0.5) is 19.2 Å². The van der Waals surface area contributed by atoms with E-state index < -0.39 is 95.5 Å². The summed E-state index contributed by atoms with van der Waals surface area (Å²) in [5.74, 6) is -8.02. The number of aliphatic hydroxyl groups excluding tert-OH is 2. The SMILES string of the molecule is O=C1N=C(O)C(N=NC2C(=O)NC(=O)NC2=O)C(=O)N1.O=C1N=C(O)C(N=NC2C(=O)NC(=O)NC2=O)C(=O)N1.[Ni]. The first-order chi connectivity index (χ1) is 18.8. The zero-order chi connectivity index (χ0) is 29.7. The molecule has 0 bridgehead atoms. The van der Waals surface area contributed by atoms with Gasteiger partial charge in [-0.1, -0.05) is 0 Å². The van der Waals surface area contributed by atoms with Crippen LogP contribution in [0.1, 0.15) is 0 Å². The molecule has 0 aromatic heterocycles. The molecule has 24 nitrogen and oxygen atoms in total. The zero-order valence-electron chi connectivity index (χ0n) is 19.3. The average molecular weight is 623 g/mol. The van der Waals surface area contributed by atoms with E-state index in [-0.39, 0.29) is 16.5 Å². The van der Waals surface area contributed by atoms with Crippen molar-refractivity contribution in [1.29, 1.82) is 0 Å². The van der Waals surface area contributed by atoms with Gasteiger partial charge in [-0.15, -0.1) is 0 Å². The van der Waals surface area contributed by atoms with Gasteiger partial charge in [0.15, 0.2) is 0 Å². The van der Waals surface area contributed by atoms with Gasteiger partial charge in [0, 0.05) is 16.5 Å². The Morgan fingerprint density at radius 2 is 0.683 bits per heavy atom. The van der Waals surface area contributed by atoms with Crippen LogP contribution in [0, 0.1) is 0 Å². The number of barbiturate groups is 2. The molecule has 25 heteroatoms. The number of carbonyl (C=O) groups excluding carboxylic acids is 10. The monoisotopic (exact) mass is 622 g/mol. The summed E-state index contributed by atoms with van der Waals surface area (Å²) in [6.07, 6.45) is 0. The normalized spacial score (nSPS) is 23.7. The van der Waals surface area contributed by atoms with Gasteiger partial charge in [0.1, 0.15) is 0 Å². The van der Waals surface area contributed by atoms with E-state index in [0.29, 0.717) is 0 Å². The molecule has 0 spiro atoms. The average Bonchev–Trinajstić information content (AvgIpc) is 2.80. The Kier molecular flexibility index (Phi) is 9.78. The summed E-state index contributed by atoms with van der Waals surface area (Å²) >= 11 is 0. The fraction of sp³-hybridized carbons (Fsp3) is 0.250.